The molecule has 1 aromatic rings. The number of ether oxygens (including phenoxy) is 3. The second-order valence-corrected chi connectivity index (χ2v) is 10.6. The Kier molecular flexibility index (Phi) is 8.58. The first kappa shape index (κ1) is 28.8. The molecule has 0 aromatic heterocycles. The standard InChI is InChI=1S/C27H34N2O9/c1-6-18-15-27(18,24(32)36-7-2)13-12-22(30)21-14-20(16-28(21)25(33)38-26(3,4)5)37-23(31)17-8-10-19(11-9-17)29(34)35/h6,8-11,18,20-21H,1,7,12-16H2,2-5H3/t18-,20+,21+,27+/m1/s1. The number of benzene rings is 1. The van der Waals surface area contributed by atoms with E-state index >= 15 is 0 Å². The number of ketones is 1. The second kappa shape index (κ2) is 11.3. The van der Waals surface area contributed by atoms with Crippen molar-refractivity contribution in [1.29, 1.82) is 0 Å². The van der Waals surface area contributed by atoms with Gasteiger partial charge in [-0.15, -0.1) is 6.58 Å². The van der Waals surface area contributed by atoms with Crippen molar-refractivity contribution < 1.29 is 38.3 Å². The zero-order chi connectivity index (χ0) is 28.3. The molecule has 0 radical (unpaired) electrons. The van der Waals surface area contributed by atoms with E-state index in [0.29, 0.717) is 6.42 Å². The Labute approximate surface area is 221 Å². The van der Waals surface area contributed by atoms with Crippen molar-refractivity contribution in [2.45, 2.75) is 71.1 Å². The number of amides is 1. The molecular weight excluding hydrogens is 496 g/mol. The number of non-ortho nitro benzene ring substituents is 1. The molecule has 1 aromatic carbocycles. The summed E-state index contributed by atoms with van der Waals surface area (Å²) >= 11 is 0. The molecule has 206 valence electrons. The van der Waals surface area contributed by atoms with Crippen molar-refractivity contribution in [2.75, 3.05) is 13.2 Å². The summed E-state index contributed by atoms with van der Waals surface area (Å²) in [7, 11) is 0. The predicted molar refractivity (Wildman–Crippen MR) is 135 cm³/mol. The van der Waals surface area contributed by atoms with E-state index in [2.05, 4.69) is 6.58 Å². The number of allylic oxidation sites excluding steroid dienone is 1. The fourth-order valence-electron chi connectivity index (χ4n) is 4.70. The molecule has 0 N–H and O–H groups in total. The zero-order valence-electron chi connectivity index (χ0n) is 22.1. The van der Waals surface area contributed by atoms with Crippen molar-refractivity contribution in [3.63, 3.8) is 0 Å². The van der Waals surface area contributed by atoms with Crippen molar-refractivity contribution in [1.82, 2.24) is 4.90 Å². The molecular formula is C27H34N2O9. The summed E-state index contributed by atoms with van der Waals surface area (Å²) < 4.78 is 16.3. The van der Waals surface area contributed by atoms with Gasteiger partial charge in [0.25, 0.3) is 5.69 Å². The molecule has 0 spiro atoms. The summed E-state index contributed by atoms with van der Waals surface area (Å²) in [5, 5.41) is 10.9. The molecule has 1 aliphatic heterocycles. The van der Waals surface area contributed by atoms with E-state index < -0.39 is 40.1 Å². The lowest BCUT2D eigenvalue weighted by molar-refractivity contribution is -0.384. The van der Waals surface area contributed by atoms with E-state index in [1.54, 1.807) is 33.8 Å². The predicted octanol–water partition coefficient (Wildman–Crippen LogP) is 4.23. The summed E-state index contributed by atoms with van der Waals surface area (Å²) in [6, 6.07) is 4.05. The number of carbonyl (C=O) groups is 4. The van der Waals surface area contributed by atoms with Gasteiger partial charge in [-0.25, -0.2) is 9.59 Å². The van der Waals surface area contributed by atoms with Gasteiger partial charge in [0.1, 0.15) is 11.7 Å². The lowest BCUT2D eigenvalue weighted by Gasteiger charge is -2.28. The monoisotopic (exact) mass is 530 g/mol. The zero-order valence-corrected chi connectivity index (χ0v) is 22.1. The van der Waals surface area contributed by atoms with E-state index in [-0.39, 0.29) is 61.3 Å². The van der Waals surface area contributed by atoms with E-state index in [1.807, 2.05) is 0 Å². The number of Topliss-reactive ketones (excluding diaryl/α,β-unsaturated/α-hetero) is 1. The fourth-order valence-corrected chi connectivity index (χ4v) is 4.70. The van der Waals surface area contributed by atoms with Crippen LogP contribution >= 0.6 is 0 Å². The van der Waals surface area contributed by atoms with Gasteiger partial charge < -0.3 is 14.2 Å². The summed E-state index contributed by atoms with van der Waals surface area (Å²) in [4.78, 5) is 63.1. The lowest BCUT2D eigenvalue weighted by Crippen LogP contribution is -2.43. The minimum Gasteiger partial charge on any atom is -0.466 e. The molecule has 0 unspecified atom stereocenters. The molecule has 0 bridgehead atoms. The molecule has 11 nitrogen and oxygen atoms in total. The number of hydrogen-bond donors (Lipinski definition) is 0. The summed E-state index contributed by atoms with van der Waals surface area (Å²) in [6.45, 7) is 10.8. The number of hydrogen-bond acceptors (Lipinski definition) is 9. The molecule has 1 amide bonds. The third-order valence-corrected chi connectivity index (χ3v) is 6.77. The molecule has 2 fully saturated rings. The van der Waals surface area contributed by atoms with Crippen LogP contribution in [0.3, 0.4) is 0 Å². The smallest absolute Gasteiger partial charge is 0.411 e. The molecule has 38 heavy (non-hydrogen) atoms. The molecule has 1 saturated carbocycles. The SMILES string of the molecule is C=C[C@@H]1C[C@]1(CCC(=O)[C@@H]1C[C@H](OC(=O)c2ccc([N+](=O)[O-])cc2)CN1C(=O)OC(C)(C)C)C(=O)OCC. The molecule has 3 rings (SSSR count). The molecule has 1 saturated heterocycles. The van der Waals surface area contributed by atoms with Gasteiger partial charge in [-0.05, 0) is 58.6 Å². The lowest BCUT2D eigenvalue weighted by atomic mass is 9.93. The number of nitro groups is 1. The van der Waals surface area contributed by atoms with Crippen molar-refractivity contribution in [3.05, 3.63) is 52.6 Å². The van der Waals surface area contributed by atoms with Crippen molar-refractivity contribution >= 4 is 29.5 Å². The first-order valence-electron chi connectivity index (χ1n) is 12.6. The van der Waals surface area contributed by atoms with Crippen LogP contribution in [0, 0.1) is 21.4 Å². The number of esters is 2. The first-order chi connectivity index (χ1) is 17.8. The number of likely N-dealkylation sites (tertiary alicyclic amines) is 1. The van der Waals surface area contributed by atoms with Crippen LogP contribution in [-0.2, 0) is 23.8 Å². The van der Waals surface area contributed by atoms with Gasteiger partial charge in [-0.2, -0.15) is 0 Å². The van der Waals surface area contributed by atoms with Gasteiger partial charge in [-0.3, -0.25) is 24.6 Å². The minimum atomic E-state index is -0.903. The van der Waals surface area contributed by atoms with Crippen LogP contribution in [0.1, 0.15) is 63.7 Å². The maximum atomic E-state index is 13.3. The Hall–Kier alpha value is -3.76. The number of rotatable bonds is 10. The van der Waals surface area contributed by atoms with Gasteiger partial charge in [0.05, 0.1) is 35.1 Å². The summed E-state index contributed by atoms with van der Waals surface area (Å²) in [5.41, 5.74) is -1.66. The van der Waals surface area contributed by atoms with Gasteiger partial charge >= 0.3 is 18.0 Å². The third-order valence-electron chi connectivity index (χ3n) is 6.77. The van der Waals surface area contributed by atoms with Gasteiger partial charge in [-0.1, -0.05) is 6.08 Å². The largest absolute Gasteiger partial charge is 0.466 e. The van der Waals surface area contributed by atoms with E-state index in [9.17, 15) is 29.3 Å². The molecule has 2 aliphatic rings. The van der Waals surface area contributed by atoms with Crippen molar-refractivity contribution in [3.8, 4) is 0 Å². The number of nitro benzene ring substituents is 1. The average Bonchev–Trinajstić information content (AvgIpc) is 3.43. The molecule has 11 heteroatoms. The normalized spacial score (nSPS) is 24.3. The van der Waals surface area contributed by atoms with Crippen molar-refractivity contribution in [2.24, 2.45) is 11.3 Å². The fraction of sp³-hybridized carbons (Fsp3) is 0.556. The van der Waals surface area contributed by atoms with E-state index in [4.69, 9.17) is 14.2 Å². The number of carbonyl (C=O) groups excluding carboxylic acids is 4. The van der Waals surface area contributed by atoms with Gasteiger partial charge in [0.15, 0.2) is 5.78 Å². The van der Waals surface area contributed by atoms with E-state index in [0.717, 1.165) is 0 Å². The minimum absolute atomic E-state index is 0.0239. The Balaban J connectivity index is 1.72. The van der Waals surface area contributed by atoms with Crippen LogP contribution < -0.4 is 0 Å². The third kappa shape index (κ3) is 6.56. The van der Waals surface area contributed by atoms with Crippen LogP contribution in [0.4, 0.5) is 10.5 Å². The van der Waals surface area contributed by atoms with Crippen LogP contribution in [0.15, 0.2) is 36.9 Å². The van der Waals surface area contributed by atoms with Crippen LogP contribution in [0.2, 0.25) is 0 Å². The second-order valence-electron chi connectivity index (χ2n) is 10.6. The highest BCUT2D eigenvalue weighted by atomic mass is 16.6. The summed E-state index contributed by atoms with van der Waals surface area (Å²) in [5.74, 6) is -1.43. The van der Waals surface area contributed by atoms with Gasteiger partial charge in [0.2, 0.25) is 0 Å². The Morgan fingerprint density at radius 1 is 1.21 bits per heavy atom. The highest BCUT2D eigenvalue weighted by Gasteiger charge is 2.59. The Morgan fingerprint density at radius 2 is 1.87 bits per heavy atom. The maximum Gasteiger partial charge on any atom is 0.411 e. The molecule has 4 atom stereocenters. The molecule has 1 heterocycles. The Morgan fingerprint density at radius 3 is 2.39 bits per heavy atom. The average molecular weight is 531 g/mol. The maximum absolute atomic E-state index is 13.3. The highest BCUT2D eigenvalue weighted by Crippen LogP contribution is 2.57. The van der Waals surface area contributed by atoms with E-state index in [1.165, 1.54) is 29.2 Å². The van der Waals surface area contributed by atoms with Crippen LogP contribution in [0.25, 0.3) is 0 Å². The molecule has 1 aliphatic carbocycles. The Bertz CT molecular complexity index is 1110. The van der Waals surface area contributed by atoms with Gasteiger partial charge in [0, 0.05) is 25.0 Å². The number of nitrogens with zero attached hydrogens (tertiary/aromatic N) is 2. The van der Waals surface area contributed by atoms with Crippen LogP contribution in [-0.4, -0.2) is 64.5 Å². The topological polar surface area (TPSA) is 142 Å². The first-order valence-corrected chi connectivity index (χ1v) is 12.6. The van der Waals surface area contributed by atoms with Crippen LogP contribution in [0.5, 0.6) is 0 Å². The quantitative estimate of drug-likeness (QED) is 0.143. The summed E-state index contributed by atoms with van der Waals surface area (Å²) in [6.07, 6.45) is 1.09. The highest BCUT2D eigenvalue weighted by molar-refractivity contribution is 5.91.